The van der Waals surface area contributed by atoms with Crippen LogP contribution in [0.2, 0.25) is 0 Å². The zero-order valence-corrected chi connectivity index (χ0v) is 13.4. The second-order valence-electron chi connectivity index (χ2n) is 5.23. The number of aldehydes is 1. The normalized spacial score (nSPS) is 11.2. The van der Waals surface area contributed by atoms with E-state index in [1.54, 1.807) is 26.4 Å². The summed E-state index contributed by atoms with van der Waals surface area (Å²) in [6, 6.07) is 1.62. The van der Waals surface area contributed by atoms with Crippen LogP contribution in [0.5, 0.6) is 0 Å². The Kier molecular flexibility index (Phi) is 3.31. The Bertz CT molecular complexity index is 1120. The molecule has 0 aliphatic carbocycles. The smallest absolute Gasteiger partial charge is 0.242 e. The summed E-state index contributed by atoms with van der Waals surface area (Å²) >= 11 is 0. The average molecular weight is 340 g/mol. The number of hydrogen-bond donors (Lipinski definition) is 2. The number of hydrogen-bond acceptors (Lipinski definition) is 7. The molecule has 0 radical (unpaired) electrons. The second-order valence-corrected chi connectivity index (χ2v) is 5.23. The monoisotopic (exact) mass is 340 g/mol. The number of rotatable bonds is 4. The van der Waals surface area contributed by atoms with Gasteiger partial charge in [0.2, 0.25) is 5.95 Å². The fourth-order valence-electron chi connectivity index (χ4n) is 2.69. The largest absolute Gasteiger partial charge is 0.371 e. The minimum absolute atomic E-state index is 0.243. The van der Waals surface area contributed by atoms with Crippen LogP contribution in [0.25, 0.3) is 22.4 Å². The molecule has 4 heterocycles. The van der Waals surface area contributed by atoms with E-state index >= 15 is 0 Å². The number of anilines is 2. The van der Waals surface area contributed by atoms with Crippen molar-refractivity contribution in [2.75, 3.05) is 24.7 Å². The maximum Gasteiger partial charge on any atom is 0.242 e. The fourth-order valence-corrected chi connectivity index (χ4v) is 2.69. The van der Waals surface area contributed by atoms with Crippen LogP contribution in [-0.2, 0) is 0 Å². The van der Waals surface area contributed by atoms with Crippen LogP contribution in [0.1, 0.15) is 10.4 Å². The van der Waals surface area contributed by atoms with Crippen molar-refractivity contribution < 1.29 is 9.18 Å². The maximum atomic E-state index is 14.7. The van der Waals surface area contributed by atoms with Crippen LogP contribution in [0.3, 0.4) is 0 Å². The van der Waals surface area contributed by atoms with E-state index in [-0.39, 0.29) is 5.56 Å². The van der Waals surface area contributed by atoms with E-state index < -0.39 is 5.82 Å². The molecule has 0 saturated carbocycles. The molecular weight excluding hydrogens is 327 g/mol. The van der Waals surface area contributed by atoms with Gasteiger partial charge in [-0.25, -0.2) is 18.4 Å². The molecule has 0 aromatic carbocycles. The molecule has 126 valence electrons. The lowest BCUT2D eigenvalue weighted by molar-refractivity contribution is 0.112. The first-order valence-corrected chi connectivity index (χ1v) is 7.40. The third-order valence-electron chi connectivity index (χ3n) is 3.82. The Morgan fingerprint density at radius 2 is 2.04 bits per heavy atom. The highest BCUT2D eigenvalue weighted by Crippen LogP contribution is 2.32. The van der Waals surface area contributed by atoms with Crippen LogP contribution in [-0.4, -0.2) is 49.6 Å². The molecular formula is C15H13FN8O. The van der Waals surface area contributed by atoms with Crippen LogP contribution in [0.15, 0.2) is 24.7 Å². The average Bonchev–Trinajstić information content (AvgIpc) is 3.19. The van der Waals surface area contributed by atoms with Gasteiger partial charge in [-0.1, -0.05) is 0 Å². The predicted octanol–water partition coefficient (Wildman–Crippen LogP) is 1.47. The van der Waals surface area contributed by atoms with Crippen LogP contribution in [0, 0.1) is 5.82 Å². The first kappa shape index (κ1) is 15.0. The van der Waals surface area contributed by atoms with E-state index in [1.165, 1.54) is 21.4 Å². The molecule has 4 aromatic heterocycles. The standard InChI is InChI=1S/C15H13FN8O/c1-17-13-12-11(9(16)6-24(12)22-15(18-2)21-13)10-3-4-23-14(20-10)8(7-25)5-19-23/h3-7H,1-2H3,(H2,17,18,21,22). The minimum atomic E-state index is -0.497. The van der Waals surface area contributed by atoms with Gasteiger partial charge in [-0.2, -0.15) is 10.1 Å². The van der Waals surface area contributed by atoms with E-state index in [4.69, 9.17) is 0 Å². The lowest BCUT2D eigenvalue weighted by Gasteiger charge is -2.08. The first-order chi connectivity index (χ1) is 12.2. The predicted molar refractivity (Wildman–Crippen MR) is 89.4 cm³/mol. The summed E-state index contributed by atoms with van der Waals surface area (Å²) in [7, 11) is 3.37. The zero-order valence-electron chi connectivity index (χ0n) is 13.4. The Labute approximate surface area is 140 Å². The van der Waals surface area contributed by atoms with E-state index in [0.717, 1.165) is 0 Å². The number of aromatic nitrogens is 6. The van der Waals surface area contributed by atoms with Crippen LogP contribution in [0.4, 0.5) is 16.2 Å². The van der Waals surface area contributed by atoms with Gasteiger partial charge >= 0.3 is 0 Å². The van der Waals surface area contributed by atoms with Gasteiger partial charge in [0.15, 0.2) is 23.6 Å². The summed E-state index contributed by atoms with van der Waals surface area (Å²) in [4.78, 5) is 19.8. The van der Waals surface area contributed by atoms with Crippen molar-refractivity contribution in [3.63, 3.8) is 0 Å². The molecule has 9 nitrogen and oxygen atoms in total. The summed E-state index contributed by atoms with van der Waals surface area (Å²) in [5, 5.41) is 14.0. The molecule has 0 saturated heterocycles. The Balaban J connectivity index is 2.03. The lowest BCUT2D eigenvalue weighted by atomic mass is 10.2. The van der Waals surface area contributed by atoms with E-state index in [1.807, 2.05) is 0 Å². The van der Waals surface area contributed by atoms with Crippen LogP contribution < -0.4 is 10.6 Å². The van der Waals surface area contributed by atoms with Crippen molar-refractivity contribution in [1.82, 2.24) is 29.2 Å². The Morgan fingerprint density at radius 3 is 2.76 bits per heavy atom. The second kappa shape index (κ2) is 5.51. The number of carbonyl (C=O) groups excluding carboxylic acids is 1. The Morgan fingerprint density at radius 1 is 1.20 bits per heavy atom. The number of nitrogens with zero attached hydrogens (tertiary/aromatic N) is 6. The first-order valence-electron chi connectivity index (χ1n) is 7.40. The van der Waals surface area contributed by atoms with Crippen molar-refractivity contribution in [2.45, 2.75) is 0 Å². The van der Waals surface area contributed by atoms with Crippen molar-refractivity contribution in [2.24, 2.45) is 0 Å². The van der Waals surface area contributed by atoms with Crippen molar-refractivity contribution in [3.8, 4) is 11.3 Å². The number of fused-ring (bicyclic) bond motifs is 2. The van der Waals surface area contributed by atoms with Gasteiger partial charge < -0.3 is 10.6 Å². The lowest BCUT2D eigenvalue weighted by Crippen LogP contribution is -2.06. The number of nitrogens with one attached hydrogen (secondary N) is 2. The van der Waals surface area contributed by atoms with Gasteiger partial charge in [-0.15, -0.1) is 5.10 Å². The van der Waals surface area contributed by atoms with Gasteiger partial charge in [0.1, 0.15) is 5.52 Å². The molecule has 25 heavy (non-hydrogen) atoms. The molecule has 4 aromatic rings. The highest BCUT2D eigenvalue weighted by Gasteiger charge is 2.20. The molecule has 0 fully saturated rings. The fraction of sp³-hybridized carbons (Fsp3) is 0.133. The molecule has 0 atom stereocenters. The third-order valence-corrected chi connectivity index (χ3v) is 3.82. The van der Waals surface area contributed by atoms with Gasteiger partial charge in [0.05, 0.1) is 29.2 Å². The van der Waals surface area contributed by atoms with Crippen LogP contribution >= 0.6 is 0 Å². The van der Waals surface area contributed by atoms with Gasteiger partial charge in [0, 0.05) is 20.3 Å². The summed E-state index contributed by atoms with van der Waals surface area (Å²) in [5.74, 6) is 0.299. The molecule has 4 rings (SSSR count). The van der Waals surface area contributed by atoms with Crippen molar-refractivity contribution in [1.29, 1.82) is 0 Å². The number of halogens is 1. The summed E-state index contributed by atoms with van der Waals surface area (Å²) < 4.78 is 17.5. The minimum Gasteiger partial charge on any atom is -0.371 e. The molecule has 0 aliphatic rings. The zero-order chi connectivity index (χ0) is 17.6. The third kappa shape index (κ3) is 2.18. The molecule has 0 amide bonds. The highest BCUT2D eigenvalue weighted by molar-refractivity contribution is 5.89. The van der Waals surface area contributed by atoms with E-state index in [0.29, 0.717) is 40.5 Å². The quantitative estimate of drug-likeness (QED) is 0.543. The molecule has 0 unspecified atom stereocenters. The van der Waals surface area contributed by atoms with Crippen molar-refractivity contribution in [3.05, 3.63) is 36.0 Å². The molecule has 0 spiro atoms. The molecule has 0 aliphatic heterocycles. The topological polar surface area (TPSA) is 102 Å². The van der Waals surface area contributed by atoms with Gasteiger partial charge in [-0.3, -0.25) is 4.79 Å². The molecule has 2 N–H and O–H groups in total. The van der Waals surface area contributed by atoms with Gasteiger partial charge in [0.25, 0.3) is 0 Å². The molecule has 10 heteroatoms. The summed E-state index contributed by atoms with van der Waals surface area (Å²) in [6.45, 7) is 0. The van der Waals surface area contributed by atoms with Crippen molar-refractivity contribution >= 4 is 29.2 Å². The summed E-state index contributed by atoms with van der Waals surface area (Å²) in [5.41, 5.74) is 1.72. The van der Waals surface area contributed by atoms with Gasteiger partial charge in [-0.05, 0) is 6.07 Å². The van der Waals surface area contributed by atoms with E-state index in [9.17, 15) is 9.18 Å². The SMILES string of the molecule is CNc1nc(NC)c2c(-c3ccn4ncc(C=O)c4n3)c(F)cn2n1. The highest BCUT2D eigenvalue weighted by atomic mass is 19.1. The molecule has 0 bridgehead atoms. The number of carbonyl (C=O) groups is 1. The maximum absolute atomic E-state index is 14.7. The Hall–Kier alpha value is -3.56. The summed E-state index contributed by atoms with van der Waals surface area (Å²) in [6.07, 6.45) is 4.95. The van der Waals surface area contributed by atoms with E-state index in [2.05, 4.69) is 30.8 Å².